The molecule has 0 saturated heterocycles. The van der Waals surface area contributed by atoms with Crippen LogP contribution >= 0.6 is 27.3 Å². The number of thiazole rings is 1. The maximum absolute atomic E-state index is 12.3. The van der Waals surface area contributed by atoms with Crippen LogP contribution in [0.25, 0.3) is 11.3 Å². The number of hydrogen-bond donors (Lipinski definition) is 1. The van der Waals surface area contributed by atoms with Crippen molar-refractivity contribution in [3.05, 3.63) is 76.1 Å². The van der Waals surface area contributed by atoms with Crippen molar-refractivity contribution in [2.24, 2.45) is 0 Å². The highest BCUT2D eigenvalue weighted by atomic mass is 79.9. The average molecular weight is 443 g/mol. The lowest BCUT2D eigenvalue weighted by molar-refractivity contribution is -0.118. The van der Waals surface area contributed by atoms with Crippen molar-refractivity contribution in [2.45, 2.75) is 13.3 Å². The van der Waals surface area contributed by atoms with Gasteiger partial charge in [-0.2, -0.15) is 0 Å². The predicted molar refractivity (Wildman–Crippen MR) is 114 cm³/mol. The zero-order chi connectivity index (χ0) is 19.2. The molecule has 2 aromatic carbocycles. The van der Waals surface area contributed by atoms with Crippen molar-refractivity contribution in [3.63, 3.8) is 0 Å². The third-order valence-electron chi connectivity index (χ3n) is 3.86. The summed E-state index contributed by atoms with van der Waals surface area (Å²) in [6, 6.07) is 15.6. The van der Waals surface area contributed by atoms with Crippen LogP contribution in [-0.4, -0.2) is 17.5 Å². The minimum atomic E-state index is -0.237. The van der Waals surface area contributed by atoms with Crippen molar-refractivity contribution < 1.29 is 9.53 Å². The molecule has 6 heteroatoms. The third-order valence-corrected chi connectivity index (χ3v) is 5.27. The number of ether oxygens (including phenoxy) is 1. The van der Waals surface area contributed by atoms with Gasteiger partial charge in [0.25, 0.3) is 5.91 Å². The molecule has 0 fully saturated rings. The van der Waals surface area contributed by atoms with Crippen LogP contribution in [0, 0.1) is 6.92 Å². The Hall–Kier alpha value is -2.44. The van der Waals surface area contributed by atoms with Crippen LogP contribution < -0.4 is 10.1 Å². The van der Waals surface area contributed by atoms with E-state index in [2.05, 4.69) is 32.8 Å². The molecule has 0 bridgehead atoms. The molecule has 1 heterocycles. The number of allylic oxidation sites excluding steroid dienone is 1. The van der Waals surface area contributed by atoms with Crippen molar-refractivity contribution >= 4 is 38.3 Å². The molecule has 0 unspecified atom stereocenters. The van der Waals surface area contributed by atoms with Gasteiger partial charge in [-0.25, -0.2) is 4.98 Å². The highest BCUT2D eigenvalue weighted by molar-refractivity contribution is 9.10. The smallest absolute Gasteiger partial charge is 0.264 e. The second-order valence-corrected chi connectivity index (χ2v) is 7.99. The van der Waals surface area contributed by atoms with Crippen molar-refractivity contribution in [1.29, 1.82) is 0 Å². The fraction of sp³-hybridized carbons (Fsp3) is 0.143. The maximum atomic E-state index is 12.3. The number of aryl methyl sites for hydroxylation is 1. The number of hydrogen-bond acceptors (Lipinski definition) is 4. The summed E-state index contributed by atoms with van der Waals surface area (Å²) in [7, 11) is 0. The van der Waals surface area contributed by atoms with E-state index in [4.69, 9.17) is 4.74 Å². The topological polar surface area (TPSA) is 51.2 Å². The average Bonchev–Trinajstić information content (AvgIpc) is 3.02. The number of anilines is 1. The molecule has 3 aromatic rings. The highest BCUT2D eigenvalue weighted by Gasteiger charge is 2.13. The molecule has 0 saturated carbocycles. The van der Waals surface area contributed by atoms with Gasteiger partial charge in [-0.3, -0.25) is 10.1 Å². The first-order valence-corrected chi connectivity index (χ1v) is 10.0. The van der Waals surface area contributed by atoms with E-state index in [0.717, 1.165) is 26.2 Å². The Morgan fingerprint density at radius 2 is 2.00 bits per heavy atom. The van der Waals surface area contributed by atoms with Gasteiger partial charge < -0.3 is 4.74 Å². The van der Waals surface area contributed by atoms with Crippen molar-refractivity contribution in [3.8, 4) is 17.0 Å². The van der Waals surface area contributed by atoms with E-state index in [1.54, 1.807) is 0 Å². The summed E-state index contributed by atoms with van der Waals surface area (Å²) in [5.74, 6) is 0.456. The molecule has 0 aliphatic heterocycles. The number of carbonyl (C=O) groups excluding carboxylic acids is 1. The van der Waals surface area contributed by atoms with Crippen LogP contribution in [0.15, 0.2) is 65.7 Å². The molecule has 138 valence electrons. The van der Waals surface area contributed by atoms with Crippen LogP contribution in [0.3, 0.4) is 0 Å². The number of amides is 1. The lowest BCUT2D eigenvalue weighted by Crippen LogP contribution is -2.20. The Morgan fingerprint density at radius 1 is 1.26 bits per heavy atom. The van der Waals surface area contributed by atoms with Crippen LogP contribution in [0.2, 0.25) is 0 Å². The second-order valence-electron chi connectivity index (χ2n) is 5.87. The van der Waals surface area contributed by atoms with Crippen LogP contribution in [0.1, 0.15) is 10.4 Å². The predicted octanol–water partition coefficient (Wildman–Crippen LogP) is 5.63. The molecule has 3 rings (SSSR count). The van der Waals surface area contributed by atoms with Gasteiger partial charge in [-0.1, -0.05) is 52.3 Å². The first kappa shape index (κ1) is 19.3. The fourth-order valence-electron chi connectivity index (χ4n) is 2.59. The van der Waals surface area contributed by atoms with Gasteiger partial charge in [0.15, 0.2) is 11.7 Å². The summed E-state index contributed by atoms with van der Waals surface area (Å²) in [6.07, 6.45) is 2.50. The number of benzene rings is 2. The zero-order valence-electron chi connectivity index (χ0n) is 14.9. The molecule has 0 atom stereocenters. The van der Waals surface area contributed by atoms with Crippen LogP contribution in [0.5, 0.6) is 5.75 Å². The highest BCUT2D eigenvalue weighted by Crippen LogP contribution is 2.31. The molecule has 0 spiro atoms. The lowest BCUT2D eigenvalue weighted by Gasteiger charge is -2.09. The number of nitrogens with zero attached hydrogens (tertiary/aromatic N) is 1. The van der Waals surface area contributed by atoms with Gasteiger partial charge >= 0.3 is 0 Å². The summed E-state index contributed by atoms with van der Waals surface area (Å²) in [4.78, 5) is 17.9. The quantitative estimate of drug-likeness (QED) is 0.482. The minimum absolute atomic E-state index is 0.0690. The van der Waals surface area contributed by atoms with E-state index in [9.17, 15) is 4.79 Å². The second kappa shape index (κ2) is 8.97. The number of para-hydroxylation sites is 1. The molecule has 1 aromatic heterocycles. The Kier molecular flexibility index (Phi) is 6.42. The van der Waals surface area contributed by atoms with E-state index in [-0.39, 0.29) is 12.5 Å². The summed E-state index contributed by atoms with van der Waals surface area (Å²) in [6.45, 7) is 5.67. The van der Waals surface area contributed by atoms with Gasteiger partial charge in [0.1, 0.15) is 5.75 Å². The maximum Gasteiger partial charge on any atom is 0.264 e. The largest absolute Gasteiger partial charge is 0.483 e. The van der Waals surface area contributed by atoms with Gasteiger partial charge in [0.05, 0.1) is 5.69 Å². The molecule has 27 heavy (non-hydrogen) atoms. The SMILES string of the molecule is C=CCc1ccccc1OCC(=O)Nc1nc(-c2ccc(Br)cc2)c(C)s1. The Bertz CT molecular complexity index is 951. The van der Waals surface area contributed by atoms with Crippen molar-refractivity contribution in [2.75, 3.05) is 11.9 Å². The molecule has 1 N–H and O–H groups in total. The van der Waals surface area contributed by atoms with E-state index in [1.807, 2.05) is 61.5 Å². The molecular formula is C21H19BrN2O2S. The number of aromatic nitrogens is 1. The summed E-state index contributed by atoms with van der Waals surface area (Å²) in [5, 5.41) is 3.39. The van der Waals surface area contributed by atoms with E-state index < -0.39 is 0 Å². The van der Waals surface area contributed by atoms with E-state index >= 15 is 0 Å². The molecule has 1 amide bonds. The lowest BCUT2D eigenvalue weighted by atomic mass is 10.1. The number of nitrogens with one attached hydrogen (secondary N) is 1. The first-order valence-electron chi connectivity index (χ1n) is 8.41. The normalized spacial score (nSPS) is 10.4. The standard InChI is InChI=1S/C21H19BrN2O2S/c1-3-6-15-7-4-5-8-18(15)26-13-19(25)23-21-24-20(14(2)27-21)16-9-11-17(22)12-10-16/h3-5,7-12H,1,6,13H2,2H3,(H,23,24,25). The summed E-state index contributed by atoms with van der Waals surface area (Å²) < 4.78 is 6.69. The monoisotopic (exact) mass is 442 g/mol. The number of carbonyl (C=O) groups is 1. The van der Waals surface area contributed by atoms with E-state index in [0.29, 0.717) is 17.3 Å². The Labute approximate surface area is 171 Å². The molecule has 0 radical (unpaired) electrons. The zero-order valence-corrected chi connectivity index (χ0v) is 17.3. The Balaban J connectivity index is 1.64. The van der Waals surface area contributed by atoms with Gasteiger partial charge in [0, 0.05) is 14.9 Å². The molecule has 4 nitrogen and oxygen atoms in total. The summed E-state index contributed by atoms with van der Waals surface area (Å²) in [5.41, 5.74) is 2.89. The van der Waals surface area contributed by atoms with Gasteiger partial charge in [-0.15, -0.1) is 17.9 Å². The number of halogens is 1. The fourth-order valence-corrected chi connectivity index (χ4v) is 3.71. The van der Waals surface area contributed by atoms with Gasteiger partial charge in [0.2, 0.25) is 0 Å². The molecule has 0 aliphatic rings. The molecule has 0 aliphatic carbocycles. The van der Waals surface area contributed by atoms with E-state index in [1.165, 1.54) is 11.3 Å². The van der Waals surface area contributed by atoms with Crippen LogP contribution in [0.4, 0.5) is 5.13 Å². The summed E-state index contributed by atoms with van der Waals surface area (Å²) >= 11 is 4.88. The van der Waals surface area contributed by atoms with Crippen LogP contribution in [-0.2, 0) is 11.2 Å². The Morgan fingerprint density at radius 3 is 2.74 bits per heavy atom. The first-order chi connectivity index (χ1) is 13.1. The minimum Gasteiger partial charge on any atom is -0.483 e. The third kappa shape index (κ3) is 5.05. The van der Waals surface area contributed by atoms with Crippen molar-refractivity contribution in [1.82, 2.24) is 4.98 Å². The molecular weight excluding hydrogens is 424 g/mol. The number of rotatable bonds is 7. The van der Waals surface area contributed by atoms with Gasteiger partial charge in [-0.05, 0) is 37.1 Å².